The number of ether oxygens (including phenoxy) is 1. The van der Waals surface area contributed by atoms with Crippen molar-refractivity contribution in [2.24, 2.45) is 0 Å². The molecule has 0 radical (unpaired) electrons. The van der Waals surface area contributed by atoms with E-state index in [0.29, 0.717) is 38.4 Å². The van der Waals surface area contributed by atoms with Crippen LogP contribution in [0.15, 0.2) is 76.5 Å². The van der Waals surface area contributed by atoms with Crippen LogP contribution in [0, 0.1) is 0 Å². The van der Waals surface area contributed by atoms with Crippen molar-refractivity contribution in [1.29, 1.82) is 0 Å². The van der Waals surface area contributed by atoms with Gasteiger partial charge in [0.2, 0.25) is 5.78 Å². The van der Waals surface area contributed by atoms with Crippen LogP contribution < -0.4 is 4.74 Å². The van der Waals surface area contributed by atoms with Crippen LogP contribution in [0.5, 0.6) is 5.75 Å². The molecule has 0 atom stereocenters. The maximum atomic E-state index is 12.7. The Labute approximate surface area is 171 Å². The van der Waals surface area contributed by atoms with Crippen LogP contribution in [-0.4, -0.2) is 5.78 Å². The monoisotopic (exact) mass is 412 g/mol. The zero-order valence-electron chi connectivity index (χ0n) is 14.1. The first kappa shape index (κ1) is 18.2. The summed E-state index contributed by atoms with van der Waals surface area (Å²) in [5, 5.41) is 0.908. The van der Waals surface area contributed by atoms with Gasteiger partial charge in [0.05, 0.1) is 9.93 Å². The van der Waals surface area contributed by atoms with Gasteiger partial charge < -0.3 is 4.74 Å². The fourth-order valence-corrected chi connectivity index (χ4v) is 4.45. The molecule has 3 aromatic carbocycles. The summed E-state index contributed by atoms with van der Waals surface area (Å²) < 4.78 is 5.98. The lowest BCUT2D eigenvalue weighted by atomic mass is 10.1. The maximum absolute atomic E-state index is 12.7. The van der Waals surface area contributed by atoms with Crippen LogP contribution in [0.2, 0.25) is 10.0 Å². The lowest BCUT2D eigenvalue weighted by molar-refractivity contribution is 0.104. The van der Waals surface area contributed by atoms with Gasteiger partial charge in [-0.15, -0.1) is 0 Å². The predicted molar refractivity (Wildman–Crippen MR) is 112 cm³/mol. The van der Waals surface area contributed by atoms with Crippen molar-refractivity contribution < 1.29 is 9.53 Å². The van der Waals surface area contributed by atoms with E-state index < -0.39 is 0 Å². The molecule has 27 heavy (non-hydrogen) atoms. The fraction of sp³-hybridized carbons (Fsp3) is 0.0455. The smallest absolute Gasteiger partial charge is 0.200 e. The number of halogens is 2. The van der Waals surface area contributed by atoms with Gasteiger partial charge in [-0.25, -0.2) is 0 Å². The lowest BCUT2D eigenvalue weighted by Gasteiger charge is -2.12. The number of allylic oxidation sites excluding steroid dienone is 1. The molecule has 0 N–H and O–H groups in total. The van der Waals surface area contributed by atoms with Crippen LogP contribution in [0.3, 0.4) is 0 Å². The highest BCUT2D eigenvalue weighted by molar-refractivity contribution is 8.04. The molecule has 0 unspecified atom stereocenters. The fourth-order valence-electron chi connectivity index (χ4n) is 2.85. The van der Waals surface area contributed by atoms with E-state index >= 15 is 0 Å². The Morgan fingerprint density at radius 3 is 2.48 bits per heavy atom. The largest absolute Gasteiger partial charge is 0.487 e. The predicted octanol–water partition coefficient (Wildman–Crippen LogP) is 6.90. The molecule has 2 nitrogen and oxygen atoms in total. The summed E-state index contributed by atoms with van der Waals surface area (Å²) in [7, 11) is 0. The first-order chi connectivity index (χ1) is 13.1. The number of Topliss-reactive ketones (excluding diaryl/α,β-unsaturated/α-hetero) is 1. The molecule has 4 rings (SSSR count). The molecule has 0 saturated carbocycles. The molecule has 0 fully saturated rings. The molecular weight excluding hydrogens is 399 g/mol. The topological polar surface area (TPSA) is 26.3 Å². The summed E-state index contributed by atoms with van der Waals surface area (Å²) in [4.78, 5) is 14.2. The van der Waals surface area contributed by atoms with Crippen LogP contribution in [-0.2, 0) is 6.61 Å². The molecule has 134 valence electrons. The third-order valence-corrected chi connectivity index (χ3v) is 5.72. The Balaban J connectivity index is 1.68. The third kappa shape index (κ3) is 3.91. The summed E-state index contributed by atoms with van der Waals surface area (Å²) in [6, 6.07) is 20.8. The molecule has 1 aliphatic heterocycles. The summed E-state index contributed by atoms with van der Waals surface area (Å²) in [5.74, 6) is 0.516. The van der Waals surface area contributed by atoms with E-state index in [9.17, 15) is 4.79 Å². The number of hydrogen-bond acceptors (Lipinski definition) is 3. The van der Waals surface area contributed by atoms with Gasteiger partial charge in [0.1, 0.15) is 12.4 Å². The maximum Gasteiger partial charge on any atom is 0.200 e. The van der Waals surface area contributed by atoms with Crippen molar-refractivity contribution in [2.45, 2.75) is 11.5 Å². The van der Waals surface area contributed by atoms with Crippen LogP contribution in [0.25, 0.3) is 6.08 Å². The van der Waals surface area contributed by atoms with E-state index in [1.54, 1.807) is 18.2 Å². The number of ketones is 1. The van der Waals surface area contributed by atoms with E-state index in [2.05, 4.69) is 0 Å². The molecule has 0 aromatic heterocycles. The quantitative estimate of drug-likeness (QED) is 0.435. The Kier molecular flexibility index (Phi) is 5.26. The van der Waals surface area contributed by atoms with E-state index in [-0.39, 0.29) is 5.78 Å². The molecule has 0 aliphatic carbocycles. The number of benzene rings is 3. The molecule has 1 aliphatic rings. The summed E-state index contributed by atoms with van der Waals surface area (Å²) >= 11 is 14.0. The first-order valence-electron chi connectivity index (χ1n) is 8.31. The van der Waals surface area contributed by atoms with Crippen molar-refractivity contribution in [3.63, 3.8) is 0 Å². The molecule has 0 amide bonds. The van der Waals surface area contributed by atoms with Gasteiger partial charge in [-0.1, -0.05) is 77.4 Å². The Morgan fingerprint density at radius 1 is 0.963 bits per heavy atom. The molecule has 0 bridgehead atoms. The van der Waals surface area contributed by atoms with Crippen molar-refractivity contribution in [3.8, 4) is 5.75 Å². The lowest BCUT2D eigenvalue weighted by Crippen LogP contribution is -1.99. The molecular formula is C22H14Cl2O2S. The molecule has 1 heterocycles. The number of carbonyl (C=O) groups excluding carboxylic acids is 1. The number of fused-ring (bicyclic) bond motifs is 1. The van der Waals surface area contributed by atoms with Gasteiger partial charge in [0, 0.05) is 21.0 Å². The van der Waals surface area contributed by atoms with Crippen LogP contribution in [0.1, 0.15) is 21.5 Å². The second kappa shape index (κ2) is 7.81. The van der Waals surface area contributed by atoms with Gasteiger partial charge in [-0.2, -0.15) is 0 Å². The van der Waals surface area contributed by atoms with E-state index in [4.69, 9.17) is 27.9 Å². The van der Waals surface area contributed by atoms with Gasteiger partial charge in [0.25, 0.3) is 0 Å². The average molecular weight is 413 g/mol. The number of hydrogen-bond donors (Lipinski definition) is 0. The Bertz CT molecular complexity index is 1050. The summed E-state index contributed by atoms with van der Waals surface area (Å²) in [5.41, 5.74) is 2.43. The van der Waals surface area contributed by atoms with Gasteiger partial charge in [-0.3, -0.25) is 4.79 Å². The van der Waals surface area contributed by atoms with Crippen molar-refractivity contribution in [3.05, 3.63) is 98.4 Å². The Morgan fingerprint density at radius 2 is 1.70 bits per heavy atom. The summed E-state index contributed by atoms with van der Waals surface area (Å²) in [6.07, 6.45) is 1.80. The first-order valence-corrected chi connectivity index (χ1v) is 9.88. The zero-order chi connectivity index (χ0) is 18.8. The van der Waals surface area contributed by atoms with Gasteiger partial charge in [-0.05, 0) is 35.9 Å². The van der Waals surface area contributed by atoms with Gasteiger partial charge >= 0.3 is 0 Å². The Hall–Kier alpha value is -2.20. The molecule has 0 spiro atoms. The number of carbonyl (C=O) groups is 1. The van der Waals surface area contributed by atoms with E-state index in [1.807, 2.05) is 54.6 Å². The highest BCUT2D eigenvalue weighted by Gasteiger charge is 2.26. The van der Waals surface area contributed by atoms with Crippen LogP contribution in [0.4, 0.5) is 0 Å². The standard InChI is InChI=1S/C22H14Cl2O2S/c23-16-10-15(11-20-21(25)17-8-4-5-9-19(17)27-20)22(18(24)12-16)26-13-14-6-2-1-3-7-14/h1-12H,13H2/b20-11+. The SMILES string of the molecule is O=C1/C(=C\c2cc(Cl)cc(Cl)c2OCc2ccccc2)Sc2ccccc21. The minimum atomic E-state index is 0.000655. The average Bonchev–Trinajstić information content (AvgIpc) is 2.98. The van der Waals surface area contributed by atoms with Crippen molar-refractivity contribution in [1.82, 2.24) is 0 Å². The molecule has 3 aromatic rings. The number of thioether (sulfide) groups is 1. The van der Waals surface area contributed by atoms with E-state index in [0.717, 1.165) is 10.5 Å². The minimum Gasteiger partial charge on any atom is -0.487 e. The highest BCUT2D eigenvalue weighted by Crippen LogP contribution is 2.42. The molecule has 5 heteroatoms. The minimum absolute atomic E-state index is 0.000655. The molecule has 0 saturated heterocycles. The highest BCUT2D eigenvalue weighted by atomic mass is 35.5. The second-order valence-electron chi connectivity index (χ2n) is 6.02. The van der Waals surface area contributed by atoms with Crippen molar-refractivity contribution in [2.75, 3.05) is 0 Å². The second-order valence-corrected chi connectivity index (χ2v) is 7.94. The summed E-state index contributed by atoms with van der Waals surface area (Å²) in [6.45, 7) is 0.375. The number of rotatable bonds is 4. The zero-order valence-corrected chi connectivity index (χ0v) is 16.4. The van der Waals surface area contributed by atoms with Crippen molar-refractivity contribution >= 4 is 46.8 Å². The normalized spacial score (nSPS) is 14.4. The van der Waals surface area contributed by atoms with Gasteiger partial charge in [0.15, 0.2) is 0 Å². The third-order valence-electron chi connectivity index (χ3n) is 4.13. The van der Waals surface area contributed by atoms with E-state index in [1.165, 1.54) is 11.8 Å². The van der Waals surface area contributed by atoms with Crippen LogP contribution >= 0.6 is 35.0 Å².